The normalized spacial score (nSPS) is 12.9. The van der Waals surface area contributed by atoms with E-state index >= 15 is 0 Å². The fourth-order valence-corrected chi connectivity index (χ4v) is 2.08. The van der Waals surface area contributed by atoms with Crippen molar-refractivity contribution in [1.29, 1.82) is 0 Å². The van der Waals surface area contributed by atoms with Gasteiger partial charge in [0.05, 0.1) is 0 Å². The van der Waals surface area contributed by atoms with Crippen molar-refractivity contribution in [2.45, 2.75) is 6.04 Å². The predicted octanol–water partition coefficient (Wildman–Crippen LogP) is 2.67. The maximum Gasteiger partial charge on any atom is 0.325 e. The van der Waals surface area contributed by atoms with E-state index in [-0.39, 0.29) is 0 Å². The Labute approximate surface area is 103 Å². The van der Waals surface area contributed by atoms with Gasteiger partial charge in [0.15, 0.2) is 0 Å². The van der Waals surface area contributed by atoms with Crippen LogP contribution in [0.1, 0.15) is 11.6 Å². The summed E-state index contributed by atoms with van der Waals surface area (Å²) in [6, 6.07) is 11.8. The Kier molecular flexibility index (Phi) is 2.31. The number of carbonyl (C=O) groups is 1. The van der Waals surface area contributed by atoms with Crippen LogP contribution in [0.5, 0.6) is 0 Å². The molecule has 4 nitrogen and oxygen atoms in total. The SMILES string of the molecule is N[C@H](C(=O)O)c1ccc2oc3ccccc3c2c1. The van der Waals surface area contributed by atoms with Crippen LogP contribution in [0.25, 0.3) is 21.9 Å². The van der Waals surface area contributed by atoms with E-state index in [1.807, 2.05) is 24.3 Å². The van der Waals surface area contributed by atoms with E-state index in [2.05, 4.69) is 0 Å². The smallest absolute Gasteiger partial charge is 0.325 e. The number of rotatable bonds is 2. The molecule has 0 aliphatic rings. The van der Waals surface area contributed by atoms with Crippen LogP contribution in [0, 0.1) is 0 Å². The standard InChI is InChI=1S/C14H11NO3/c15-13(14(16)17)8-5-6-12-10(7-8)9-3-1-2-4-11(9)18-12/h1-7,13H,15H2,(H,16,17)/t13-/m0/s1. The summed E-state index contributed by atoms with van der Waals surface area (Å²) < 4.78 is 5.66. The van der Waals surface area contributed by atoms with Gasteiger partial charge >= 0.3 is 5.97 Å². The minimum absolute atomic E-state index is 0.571. The monoisotopic (exact) mass is 241 g/mol. The number of nitrogens with two attached hydrogens (primary N) is 1. The highest BCUT2D eigenvalue weighted by Gasteiger charge is 2.16. The van der Waals surface area contributed by atoms with E-state index in [1.165, 1.54) is 0 Å². The quantitative estimate of drug-likeness (QED) is 0.723. The van der Waals surface area contributed by atoms with E-state index in [0.717, 1.165) is 21.9 Å². The van der Waals surface area contributed by atoms with E-state index in [1.54, 1.807) is 18.2 Å². The van der Waals surface area contributed by atoms with Crippen molar-refractivity contribution in [3.05, 3.63) is 48.0 Å². The van der Waals surface area contributed by atoms with Crippen molar-refractivity contribution in [2.75, 3.05) is 0 Å². The summed E-state index contributed by atoms with van der Waals surface area (Å²) in [5, 5.41) is 10.8. The van der Waals surface area contributed by atoms with E-state index in [0.29, 0.717) is 5.56 Å². The molecule has 18 heavy (non-hydrogen) atoms. The molecule has 1 heterocycles. The molecule has 3 rings (SSSR count). The van der Waals surface area contributed by atoms with Gasteiger partial charge in [-0.3, -0.25) is 4.79 Å². The van der Waals surface area contributed by atoms with Gasteiger partial charge < -0.3 is 15.3 Å². The maximum atomic E-state index is 10.9. The number of aliphatic carboxylic acids is 1. The molecule has 1 aromatic heterocycles. The number of hydrogen-bond donors (Lipinski definition) is 2. The van der Waals surface area contributed by atoms with Crippen LogP contribution in [-0.4, -0.2) is 11.1 Å². The first-order valence-electron chi connectivity index (χ1n) is 5.56. The predicted molar refractivity (Wildman–Crippen MR) is 68.3 cm³/mol. The van der Waals surface area contributed by atoms with Gasteiger partial charge in [-0.25, -0.2) is 0 Å². The number of benzene rings is 2. The van der Waals surface area contributed by atoms with Crippen molar-refractivity contribution in [3.63, 3.8) is 0 Å². The fraction of sp³-hybridized carbons (Fsp3) is 0.0714. The molecule has 0 saturated carbocycles. The molecule has 0 fully saturated rings. The lowest BCUT2D eigenvalue weighted by atomic mass is 10.0. The molecule has 3 N–H and O–H groups in total. The lowest BCUT2D eigenvalue weighted by Crippen LogP contribution is -2.20. The van der Waals surface area contributed by atoms with Gasteiger partial charge in [0.1, 0.15) is 17.2 Å². The number of hydrogen-bond acceptors (Lipinski definition) is 3. The Morgan fingerprint density at radius 2 is 1.83 bits per heavy atom. The summed E-state index contributed by atoms with van der Waals surface area (Å²) in [4.78, 5) is 10.9. The van der Waals surface area contributed by atoms with E-state index in [9.17, 15) is 4.79 Å². The molecular formula is C14H11NO3. The van der Waals surface area contributed by atoms with Gasteiger partial charge in [0, 0.05) is 10.8 Å². The van der Waals surface area contributed by atoms with E-state index < -0.39 is 12.0 Å². The highest BCUT2D eigenvalue weighted by atomic mass is 16.4. The summed E-state index contributed by atoms with van der Waals surface area (Å²) in [5.41, 5.74) is 7.70. The molecule has 0 aliphatic carbocycles. The lowest BCUT2D eigenvalue weighted by Gasteiger charge is -2.05. The molecule has 0 unspecified atom stereocenters. The Bertz CT molecular complexity index is 745. The third kappa shape index (κ3) is 1.55. The average Bonchev–Trinajstić information content (AvgIpc) is 2.75. The first kappa shape index (κ1) is 10.8. The topological polar surface area (TPSA) is 76.5 Å². The molecule has 0 spiro atoms. The second-order valence-electron chi connectivity index (χ2n) is 4.17. The second kappa shape index (κ2) is 3.85. The van der Waals surface area contributed by atoms with Crippen LogP contribution >= 0.6 is 0 Å². The molecule has 0 amide bonds. The summed E-state index contributed by atoms with van der Waals surface area (Å²) >= 11 is 0. The zero-order valence-corrected chi connectivity index (χ0v) is 9.46. The van der Waals surface area contributed by atoms with Crippen molar-refractivity contribution in [1.82, 2.24) is 0 Å². The molecule has 0 bridgehead atoms. The molecule has 0 saturated heterocycles. The van der Waals surface area contributed by atoms with Crippen LogP contribution in [0.15, 0.2) is 46.9 Å². The van der Waals surface area contributed by atoms with Gasteiger partial charge in [-0.15, -0.1) is 0 Å². The van der Waals surface area contributed by atoms with Crippen LogP contribution < -0.4 is 5.73 Å². The third-order valence-corrected chi connectivity index (χ3v) is 3.03. The van der Waals surface area contributed by atoms with Gasteiger partial charge in [0.2, 0.25) is 0 Å². The first-order chi connectivity index (χ1) is 8.66. The number of furan rings is 1. The summed E-state index contributed by atoms with van der Waals surface area (Å²) in [7, 11) is 0. The maximum absolute atomic E-state index is 10.9. The third-order valence-electron chi connectivity index (χ3n) is 3.03. The molecule has 3 aromatic rings. The number of para-hydroxylation sites is 1. The van der Waals surface area contributed by atoms with Gasteiger partial charge in [-0.05, 0) is 23.8 Å². The number of carboxylic acid groups (broad SMARTS) is 1. The Balaban J connectivity index is 2.27. The average molecular weight is 241 g/mol. The zero-order valence-electron chi connectivity index (χ0n) is 9.46. The van der Waals surface area contributed by atoms with Gasteiger partial charge in [-0.2, -0.15) is 0 Å². The lowest BCUT2D eigenvalue weighted by molar-refractivity contribution is -0.138. The fourth-order valence-electron chi connectivity index (χ4n) is 2.08. The van der Waals surface area contributed by atoms with Crippen molar-refractivity contribution >= 4 is 27.9 Å². The van der Waals surface area contributed by atoms with Crippen LogP contribution in [0.3, 0.4) is 0 Å². The minimum atomic E-state index is -1.04. The molecule has 1 atom stereocenters. The van der Waals surface area contributed by atoms with Crippen LogP contribution in [-0.2, 0) is 4.79 Å². The molecule has 4 heteroatoms. The second-order valence-corrected chi connectivity index (χ2v) is 4.17. The van der Waals surface area contributed by atoms with E-state index in [4.69, 9.17) is 15.3 Å². The minimum Gasteiger partial charge on any atom is -0.480 e. The number of carboxylic acids is 1. The number of fused-ring (bicyclic) bond motifs is 3. The molecule has 0 aliphatic heterocycles. The first-order valence-corrected chi connectivity index (χ1v) is 5.56. The van der Waals surface area contributed by atoms with Crippen LogP contribution in [0.4, 0.5) is 0 Å². The van der Waals surface area contributed by atoms with Gasteiger partial charge in [0.25, 0.3) is 0 Å². The summed E-state index contributed by atoms with van der Waals surface area (Å²) in [6.45, 7) is 0. The largest absolute Gasteiger partial charge is 0.480 e. The summed E-state index contributed by atoms with van der Waals surface area (Å²) in [6.07, 6.45) is 0. The molecular weight excluding hydrogens is 230 g/mol. The molecule has 90 valence electrons. The Morgan fingerprint density at radius 1 is 1.11 bits per heavy atom. The highest BCUT2D eigenvalue weighted by molar-refractivity contribution is 6.05. The zero-order chi connectivity index (χ0) is 12.7. The Morgan fingerprint density at radius 3 is 2.61 bits per heavy atom. The van der Waals surface area contributed by atoms with Gasteiger partial charge in [-0.1, -0.05) is 24.3 Å². The highest BCUT2D eigenvalue weighted by Crippen LogP contribution is 2.30. The Hall–Kier alpha value is -2.33. The van der Waals surface area contributed by atoms with Crippen LogP contribution in [0.2, 0.25) is 0 Å². The van der Waals surface area contributed by atoms with Crippen molar-refractivity contribution < 1.29 is 14.3 Å². The molecule has 0 radical (unpaired) electrons. The molecule has 2 aromatic carbocycles. The van der Waals surface area contributed by atoms with Crippen molar-refractivity contribution in [3.8, 4) is 0 Å². The van der Waals surface area contributed by atoms with Crippen molar-refractivity contribution in [2.24, 2.45) is 5.73 Å². The summed E-state index contributed by atoms with van der Waals surface area (Å²) in [5.74, 6) is -1.04.